The van der Waals surface area contributed by atoms with Crippen LogP contribution >= 0.6 is 0 Å². The molecule has 0 radical (unpaired) electrons. The van der Waals surface area contributed by atoms with E-state index in [0.717, 1.165) is 5.56 Å². The Hall–Kier alpha value is -1.56. The number of nitrogens with one attached hydrogen (secondary N) is 1. The first-order valence-corrected chi connectivity index (χ1v) is 4.96. The Morgan fingerprint density at radius 1 is 1.47 bits per heavy atom. The van der Waals surface area contributed by atoms with Crippen LogP contribution in [0.25, 0.3) is 0 Å². The number of aryl methyl sites for hydroxylation is 1. The summed E-state index contributed by atoms with van der Waals surface area (Å²) in [5.74, 6) is -0.283. The van der Waals surface area contributed by atoms with Gasteiger partial charge in [-0.25, -0.2) is 4.39 Å². The number of nitrogens with zero attached hydrogens (tertiary/aromatic N) is 1. The van der Waals surface area contributed by atoms with E-state index in [0.29, 0.717) is 12.1 Å². The van der Waals surface area contributed by atoms with Crippen LogP contribution < -0.4 is 5.32 Å². The molecule has 1 N–H and O–H groups in total. The first-order chi connectivity index (χ1) is 6.99. The fraction of sp³-hybridized carbons (Fsp3) is 0.417. The summed E-state index contributed by atoms with van der Waals surface area (Å²) < 4.78 is 13.1. The molecule has 0 fully saturated rings. The van der Waals surface area contributed by atoms with Crippen LogP contribution in [0.1, 0.15) is 25.8 Å². The molecule has 0 aliphatic carbocycles. The van der Waals surface area contributed by atoms with Gasteiger partial charge in [-0.3, -0.25) is 0 Å². The lowest BCUT2D eigenvalue weighted by Gasteiger charge is -2.22. The molecule has 0 heterocycles. The summed E-state index contributed by atoms with van der Waals surface area (Å²) in [5, 5.41) is 12.0. The van der Waals surface area contributed by atoms with Gasteiger partial charge in [-0.1, -0.05) is 6.92 Å². The summed E-state index contributed by atoms with van der Waals surface area (Å²) in [6.07, 6.45) is 0.666. The molecule has 0 saturated carbocycles. The Labute approximate surface area is 89.7 Å². The molecule has 1 aromatic carbocycles. The number of hydrogen-bond acceptors (Lipinski definition) is 2. The lowest BCUT2D eigenvalue weighted by atomic mass is 10.0. The van der Waals surface area contributed by atoms with Crippen molar-refractivity contribution in [1.29, 1.82) is 5.26 Å². The molecule has 0 saturated heterocycles. The van der Waals surface area contributed by atoms with E-state index in [2.05, 4.69) is 11.4 Å². The summed E-state index contributed by atoms with van der Waals surface area (Å²) in [7, 11) is 0. The number of anilines is 1. The predicted octanol–water partition coefficient (Wildman–Crippen LogP) is 3.24. The largest absolute Gasteiger partial charge is 0.368 e. The number of nitriles is 1. The third-order valence-corrected chi connectivity index (χ3v) is 2.42. The average molecular weight is 206 g/mol. The Morgan fingerprint density at radius 3 is 2.60 bits per heavy atom. The van der Waals surface area contributed by atoms with Crippen molar-refractivity contribution in [3.8, 4) is 6.07 Å². The first kappa shape index (κ1) is 11.5. The van der Waals surface area contributed by atoms with Crippen LogP contribution in [0, 0.1) is 24.1 Å². The van der Waals surface area contributed by atoms with Gasteiger partial charge in [0.2, 0.25) is 0 Å². The number of hydrogen-bond donors (Lipinski definition) is 1. The molecule has 15 heavy (non-hydrogen) atoms. The molecular formula is C12H15FN2. The molecule has 0 bridgehead atoms. The topological polar surface area (TPSA) is 35.8 Å². The van der Waals surface area contributed by atoms with Gasteiger partial charge in [0.1, 0.15) is 11.4 Å². The second-order valence-corrected chi connectivity index (χ2v) is 3.94. The molecule has 0 aliphatic heterocycles. The van der Waals surface area contributed by atoms with Crippen LogP contribution in [-0.2, 0) is 0 Å². The highest BCUT2D eigenvalue weighted by atomic mass is 19.1. The Balaban J connectivity index is 2.95. The third kappa shape index (κ3) is 2.95. The number of benzene rings is 1. The lowest BCUT2D eigenvalue weighted by Crippen LogP contribution is -2.31. The minimum atomic E-state index is -0.639. The van der Waals surface area contributed by atoms with E-state index in [9.17, 15) is 4.39 Å². The quantitative estimate of drug-likeness (QED) is 0.824. The van der Waals surface area contributed by atoms with Crippen LogP contribution in [-0.4, -0.2) is 5.54 Å². The number of halogens is 1. The third-order valence-electron chi connectivity index (χ3n) is 2.42. The Kier molecular flexibility index (Phi) is 3.31. The van der Waals surface area contributed by atoms with E-state index in [1.165, 1.54) is 12.1 Å². The zero-order chi connectivity index (χ0) is 11.5. The van der Waals surface area contributed by atoms with Gasteiger partial charge in [0.05, 0.1) is 6.07 Å². The van der Waals surface area contributed by atoms with Gasteiger partial charge in [-0.05, 0) is 44.0 Å². The summed E-state index contributed by atoms with van der Waals surface area (Å²) in [6.45, 7) is 5.54. The van der Waals surface area contributed by atoms with Gasteiger partial charge in [-0.2, -0.15) is 5.26 Å². The van der Waals surface area contributed by atoms with Gasteiger partial charge in [0.15, 0.2) is 0 Å². The van der Waals surface area contributed by atoms with E-state index in [-0.39, 0.29) is 5.82 Å². The summed E-state index contributed by atoms with van der Waals surface area (Å²) in [5.41, 5.74) is 0.854. The zero-order valence-electron chi connectivity index (χ0n) is 9.26. The molecule has 1 aromatic rings. The molecule has 1 unspecified atom stereocenters. The first-order valence-electron chi connectivity index (χ1n) is 4.96. The van der Waals surface area contributed by atoms with E-state index in [4.69, 9.17) is 5.26 Å². The Bertz CT molecular complexity index is 375. The van der Waals surface area contributed by atoms with Gasteiger partial charge < -0.3 is 5.32 Å². The maximum Gasteiger partial charge on any atom is 0.125 e. The van der Waals surface area contributed by atoms with Crippen molar-refractivity contribution < 1.29 is 4.39 Å². The average Bonchev–Trinajstić information content (AvgIpc) is 2.16. The highest BCUT2D eigenvalue weighted by Gasteiger charge is 2.20. The molecule has 0 aromatic heterocycles. The van der Waals surface area contributed by atoms with Crippen LogP contribution in [0.15, 0.2) is 18.2 Å². The van der Waals surface area contributed by atoms with Gasteiger partial charge in [-0.15, -0.1) is 0 Å². The highest BCUT2D eigenvalue weighted by Crippen LogP contribution is 2.20. The number of rotatable bonds is 3. The molecule has 0 aliphatic rings. The molecule has 0 amide bonds. The van der Waals surface area contributed by atoms with Crippen LogP contribution in [0.2, 0.25) is 0 Å². The van der Waals surface area contributed by atoms with E-state index < -0.39 is 5.54 Å². The van der Waals surface area contributed by atoms with Crippen LogP contribution in [0.4, 0.5) is 10.1 Å². The summed E-state index contributed by atoms with van der Waals surface area (Å²) in [4.78, 5) is 0. The smallest absolute Gasteiger partial charge is 0.125 e. The predicted molar refractivity (Wildman–Crippen MR) is 59.1 cm³/mol. The fourth-order valence-electron chi connectivity index (χ4n) is 1.32. The molecular weight excluding hydrogens is 191 g/mol. The Morgan fingerprint density at radius 2 is 2.13 bits per heavy atom. The van der Waals surface area contributed by atoms with Crippen molar-refractivity contribution in [3.63, 3.8) is 0 Å². The van der Waals surface area contributed by atoms with E-state index >= 15 is 0 Å². The zero-order valence-corrected chi connectivity index (χ0v) is 9.26. The van der Waals surface area contributed by atoms with E-state index in [1.54, 1.807) is 6.92 Å². The highest BCUT2D eigenvalue weighted by molar-refractivity contribution is 5.49. The molecule has 0 spiro atoms. The van der Waals surface area contributed by atoms with Gasteiger partial charge >= 0.3 is 0 Å². The normalized spacial score (nSPS) is 14.1. The maximum absolute atomic E-state index is 13.1. The maximum atomic E-state index is 13.1. The monoisotopic (exact) mass is 206 g/mol. The molecule has 3 heteroatoms. The van der Waals surface area contributed by atoms with Crippen molar-refractivity contribution in [1.82, 2.24) is 0 Å². The van der Waals surface area contributed by atoms with Crippen LogP contribution in [0.5, 0.6) is 0 Å². The summed E-state index contributed by atoms with van der Waals surface area (Å²) >= 11 is 0. The lowest BCUT2D eigenvalue weighted by molar-refractivity contribution is 0.614. The second kappa shape index (κ2) is 4.31. The summed E-state index contributed by atoms with van der Waals surface area (Å²) in [6, 6.07) is 6.87. The van der Waals surface area contributed by atoms with Crippen molar-refractivity contribution >= 4 is 5.69 Å². The minimum Gasteiger partial charge on any atom is -0.368 e. The van der Waals surface area contributed by atoms with E-state index in [1.807, 2.05) is 19.9 Å². The molecule has 1 rings (SSSR count). The molecule has 1 atom stereocenters. The van der Waals surface area contributed by atoms with Crippen LogP contribution in [0.3, 0.4) is 0 Å². The van der Waals surface area contributed by atoms with Gasteiger partial charge in [0, 0.05) is 5.69 Å². The fourth-order valence-corrected chi connectivity index (χ4v) is 1.32. The van der Waals surface area contributed by atoms with Crippen molar-refractivity contribution in [2.45, 2.75) is 32.7 Å². The molecule has 2 nitrogen and oxygen atoms in total. The van der Waals surface area contributed by atoms with Crippen molar-refractivity contribution in [2.75, 3.05) is 5.32 Å². The van der Waals surface area contributed by atoms with Crippen molar-refractivity contribution in [3.05, 3.63) is 29.6 Å². The molecule has 80 valence electrons. The second-order valence-electron chi connectivity index (χ2n) is 3.94. The standard InChI is InChI=1S/C12H15FN2/c1-4-12(3,8-14)15-11-6-9(2)5-10(13)7-11/h5-7,15H,4H2,1-3H3. The minimum absolute atomic E-state index is 0.283. The SMILES string of the molecule is CCC(C)(C#N)Nc1cc(C)cc(F)c1. The van der Waals surface area contributed by atoms with Gasteiger partial charge in [0.25, 0.3) is 0 Å². The van der Waals surface area contributed by atoms with Crippen molar-refractivity contribution in [2.24, 2.45) is 0 Å².